The quantitative estimate of drug-likeness (QED) is 0.787. The first kappa shape index (κ1) is 19.8. The van der Waals surface area contributed by atoms with Gasteiger partial charge in [-0.05, 0) is 67.7 Å². The highest BCUT2D eigenvalue weighted by Gasteiger charge is 2.41. The second-order valence-corrected chi connectivity index (χ2v) is 9.14. The van der Waals surface area contributed by atoms with Crippen molar-refractivity contribution in [2.45, 2.75) is 31.7 Å². The van der Waals surface area contributed by atoms with E-state index in [9.17, 15) is 0 Å². The number of aromatic nitrogens is 2. The molecule has 1 saturated carbocycles. The van der Waals surface area contributed by atoms with Crippen LogP contribution in [-0.4, -0.2) is 61.1 Å². The molecule has 3 atom stereocenters. The largest absolute Gasteiger partial charge is 0.497 e. The average Bonchev–Trinajstić information content (AvgIpc) is 3.33. The fourth-order valence-corrected chi connectivity index (χ4v) is 5.51. The molecule has 2 saturated heterocycles. The number of fused-ring (bicyclic) bond motifs is 1. The highest BCUT2D eigenvalue weighted by Crippen LogP contribution is 2.39. The molecule has 2 aliphatic heterocycles. The van der Waals surface area contributed by atoms with Crippen LogP contribution in [0.3, 0.4) is 0 Å². The number of methoxy groups -OCH3 is 1. The van der Waals surface area contributed by atoms with Crippen LogP contribution in [0, 0.1) is 17.8 Å². The van der Waals surface area contributed by atoms with Gasteiger partial charge >= 0.3 is 0 Å². The van der Waals surface area contributed by atoms with Crippen LogP contribution >= 0.6 is 0 Å². The molecular weight excluding hydrogens is 376 g/mol. The number of benzene rings is 1. The molecule has 6 heteroatoms. The van der Waals surface area contributed by atoms with E-state index in [1.807, 2.05) is 36.4 Å². The molecule has 0 spiro atoms. The minimum atomic E-state index is 0.516. The van der Waals surface area contributed by atoms with E-state index in [4.69, 9.17) is 9.47 Å². The number of likely N-dealkylation sites (tertiary alicyclic amines) is 1. The van der Waals surface area contributed by atoms with Gasteiger partial charge in [0.15, 0.2) is 0 Å². The normalized spacial score (nSPS) is 27.2. The summed E-state index contributed by atoms with van der Waals surface area (Å²) in [4.78, 5) is 2.71. The maximum Gasteiger partial charge on any atom is 0.148 e. The molecule has 1 aromatic carbocycles. The van der Waals surface area contributed by atoms with Crippen molar-refractivity contribution >= 4 is 5.82 Å². The Hall–Kier alpha value is -2.18. The number of nitrogens with one attached hydrogen (secondary N) is 1. The summed E-state index contributed by atoms with van der Waals surface area (Å²) in [6.45, 7) is 5.71. The molecule has 1 aromatic heterocycles. The third-order valence-corrected chi connectivity index (χ3v) is 7.07. The Morgan fingerprint density at radius 3 is 2.57 bits per heavy atom. The molecule has 3 aliphatic rings. The molecule has 1 aliphatic carbocycles. The van der Waals surface area contributed by atoms with Crippen LogP contribution in [0.1, 0.15) is 25.7 Å². The first-order valence-electron chi connectivity index (χ1n) is 11.3. The van der Waals surface area contributed by atoms with Gasteiger partial charge in [0.2, 0.25) is 0 Å². The zero-order chi connectivity index (χ0) is 20.3. The Kier molecular flexibility index (Phi) is 5.86. The Labute approximate surface area is 179 Å². The van der Waals surface area contributed by atoms with Gasteiger partial charge < -0.3 is 19.7 Å². The van der Waals surface area contributed by atoms with E-state index in [0.717, 1.165) is 53.8 Å². The summed E-state index contributed by atoms with van der Waals surface area (Å²) in [5.41, 5.74) is 1.89. The van der Waals surface area contributed by atoms with Crippen molar-refractivity contribution in [3.05, 3.63) is 36.4 Å². The molecule has 2 aromatic rings. The van der Waals surface area contributed by atoms with Gasteiger partial charge in [0.05, 0.1) is 12.8 Å². The van der Waals surface area contributed by atoms with Crippen molar-refractivity contribution in [3.63, 3.8) is 0 Å². The third-order valence-electron chi connectivity index (χ3n) is 7.07. The van der Waals surface area contributed by atoms with Gasteiger partial charge in [-0.1, -0.05) is 12.1 Å². The predicted octanol–water partition coefficient (Wildman–Crippen LogP) is 3.70. The summed E-state index contributed by atoms with van der Waals surface area (Å²) in [7, 11) is 1.68. The van der Waals surface area contributed by atoms with Crippen LogP contribution in [0.4, 0.5) is 5.82 Å². The van der Waals surface area contributed by atoms with Gasteiger partial charge in [-0.15, -0.1) is 10.2 Å². The molecule has 3 fully saturated rings. The van der Waals surface area contributed by atoms with Crippen LogP contribution in [0.15, 0.2) is 36.4 Å². The minimum Gasteiger partial charge on any atom is -0.497 e. The second kappa shape index (κ2) is 8.90. The summed E-state index contributed by atoms with van der Waals surface area (Å²) in [5.74, 6) is 4.20. The smallest absolute Gasteiger partial charge is 0.148 e. The van der Waals surface area contributed by atoms with Gasteiger partial charge in [-0.3, -0.25) is 0 Å². The fourth-order valence-electron chi connectivity index (χ4n) is 5.51. The van der Waals surface area contributed by atoms with E-state index in [1.54, 1.807) is 7.11 Å². The third kappa shape index (κ3) is 4.44. The van der Waals surface area contributed by atoms with Crippen LogP contribution < -0.4 is 10.1 Å². The lowest BCUT2D eigenvalue weighted by atomic mass is 10.00. The van der Waals surface area contributed by atoms with Crippen LogP contribution in [0.2, 0.25) is 0 Å². The lowest BCUT2D eigenvalue weighted by Crippen LogP contribution is -2.32. The van der Waals surface area contributed by atoms with Crippen LogP contribution in [0.5, 0.6) is 5.75 Å². The maximum atomic E-state index is 5.51. The summed E-state index contributed by atoms with van der Waals surface area (Å²) >= 11 is 0. The van der Waals surface area contributed by atoms with Crippen LogP contribution in [0.25, 0.3) is 11.3 Å². The first-order chi connectivity index (χ1) is 14.8. The van der Waals surface area contributed by atoms with Crippen molar-refractivity contribution in [1.82, 2.24) is 15.1 Å². The molecule has 0 unspecified atom stereocenters. The standard InChI is InChI=1S/C24H32N4O2/c1-29-22-4-2-3-18(13-22)23-5-6-24(27-26-23)25-21-11-19-15-28(16-20(19)12-21)14-17-7-9-30-10-8-17/h2-6,13,17,19-21H,7-12,14-16H2,1H3,(H,25,27)/t19-,20+,21+. The topological polar surface area (TPSA) is 59.5 Å². The Bertz CT molecular complexity index is 823. The SMILES string of the molecule is COc1cccc(-c2ccc(N[C@H]3C[C@@H]4CN(CC5CCOCC5)C[C@@H]4C3)nn2)c1. The van der Waals surface area contributed by atoms with E-state index >= 15 is 0 Å². The first-order valence-corrected chi connectivity index (χ1v) is 11.3. The summed E-state index contributed by atoms with van der Waals surface area (Å²) < 4.78 is 10.8. The summed E-state index contributed by atoms with van der Waals surface area (Å²) in [6, 6.07) is 12.5. The zero-order valence-electron chi connectivity index (χ0n) is 17.8. The van der Waals surface area contributed by atoms with Crippen LogP contribution in [-0.2, 0) is 4.74 Å². The van der Waals surface area contributed by atoms with E-state index < -0.39 is 0 Å². The minimum absolute atomic E-state index is 0.516. The molecular formula is C24H32N4O2. The number of nitrogens with zero attached hydrogens (tertiary/aromatic N) is 3. The highest BCUT2D eigenvalue weighted by atomic mass is 16.5. The molecule has 0 bridgehead atoms. The summed E-state index contributed by atoms with van der Waals surface area (Å²) in [5, 5.41) is 12.5. The Morgan fingerprint density at radius 1 is 1.07 bits per heavy atom. The lowest BCUT2D eigenvalue weighted by molar-refractivity contribution is 0.0545. The van der Waals surface area contributed by atoms with Crippen molar-refractivity contribution in [3.8, 4) is 17.0 Å². The van der Waals surface area contributed by atoms with Gasteiger partial charge in [-0.25, -0.2) is 0 Å². The summed E-state index contributed by atoms with van der Waals surface area (Å²) in [6.07, 6.45) is 4.96. The van der Waals surface area contributed by atoms with Gasteiger partial charge in [0, 0.05) is 44.5 Å². The Morgan fingerprint density at radius 2 is 1.87 bits per heavy atom. The molecule has 160 valence electrons. The average molecular weight is 409 g/mol. The Balaban J connectivity index is 1.13. The number of ether oxygens (including phenoxy) is 2. The van der Waals surface area contributed by atoms with Gasteiger partial charge in [-0.2, -0.15) is 0 Å². The van der Waals surface area contributed by atoms with Crippen molar-refractivity contribution in [2.75, 3.05) is 45.3 Å². The predicted molar refractivity (Wildman–Crippen MR) is 118 cm³/mol. The van der Waals surface area contributed by atoms with Gasteiger partial charge in [0.1, 0.15) is 11.6 Å². The molecule has 6 nitrogen and oxygen atoms in total. The van der Waals surface area contributed by atoms with E-state index in [1.165, 1.54) is 45.3 Å². The van der Waals surface area contributed by atoms with E-state index in [-0.39, 0.29) is 0 Å². The van der Waals surface area contributed by atoms with E-state index in [0.29, 0.717) is 6.04 Å². The number of anilines is 1. The zero-order valence-corrected chi connectivity index (χ0v) is 17.8. The molecule has 0 radical (unpaired) electrons. The number of hydrogen-bond acceptors (Lipinski definition) is 6. The number of hydrogen-bond donors (Lipinski definition) is 1. The fraction of sp³-hybridized carbons (Fsp3) is 0.583. The monoisotopic (exact) mass is 408 g/mol. The molecule has 0 amide bonds. The number of rotatable bonds is 6. The van der Waals surface area contributed by atoms with E-state index in [2.05, 4.69) is 20.4 Å². The maximum absolute atomic E-state index is 5.51. The second-order valence-electron chi connectivity index (χ2n) is 9.14. The highest BCUT2D eigenvalue weighted by molar-refractivity contribution is 5.61. The molecule has 30 heavy (non-hydrogen) atoms. The molecule has 1 N–H and O–H groups in total. The van der Waals surface area contributed by atoms with Gasteiger partial charge in [0.25, 0.3) is 0 Å². The van der Waals surface area contributed by atoms with Crippen molar-refractivity contribution in [2.24, 2.45) is 17.8 Å². The van der Waals surface area contributed by atoms with Crippen molar-refractivity contribution in [1.29, 1.82) is 0 Å². The molecule has 5 rings (SSSR count). The lowest BCUT2D eigenvalue weighted by Gasteiger charge is -2.27. The van der Waals surface area contributed by atoms with Crippen molar-refractivity contribution < 1.29 is 9.47 Å². The molecule has 3 heterocycles.